The third-order valence-electron chi connectivity index (χ3n) is 4.31. The molecule has 1 aliphatic carbocycles. The number of nitrogens with one attached hydrogen (secondary N) is 1. The predicted molar refractivity (Wildman–Crippen MR) is 83.5 cm³/mol. The van der Waals surface area contributed by atoms with E-state index in [2.05, 4.69) is 19.2 Å². The fourth-order valence-corrected chi connectivity index (χ4v) is 2.90. The van der Waals surface area contributed by atoms with Crippen LogP contribution in [0.1, 0.15) is 33.6 Å². The van der Waals surface area contributed by atoms with Gasteiger partial charge in [0.25, 0.3) is 0 Å². The van der Waals surface area contributed by atoms with Gasteiger partial charge in [0.05, 0.1) is 19.4 Å². The molecule has 2 rings (SSSR count). The molecule has 0 bridgehead atoms. The van der Waals surface area contributed by atoms with Crippen LogP contribution in [-0.2, 0) is 9.53 Å². The van der Waals surface area contributed by atoms with Crippen molar-refractivity contribution >= 4 is 11.7 Å². The number of methoxy groups -OCH3 is 1. The molecule has 4 heteroatoms. The number of benzene rings is 1. The molecule has 1 aromatic carbocycles. The first-order valence-corrected chi connectivity index (χ1v) is 7.61. The molecule has 0 amide bonds. The van der Waals surface area contributed by atoms with Crippen LogP contribution in [0, 0.1) is 11.8 Å². The van der Waals surface area contributed by atoms with Crippen LogP contribution in [0.5, 0.6) is 5.75 Å². The van der Waals surface area contributed by atoms with Crippen LogP contribution in [-0.4, -0.2) is 25.2 Å². The number of hydrogen-bond donors (Lipinski definition) is 1. The van der Waals surface area contributed by atoms with Crippen LogP contribution in [0.2, 0.25) is 0 Å². The van der Waals surface area contributed by atoms with Crippen LogP contribution < -0.4 is 10.1 Å². The minimum Gasteiger partial charge on any atom is -0.495 e. The van der Waals surface area contributed by atoms with Gasteiger partial charge in [0.15, 0.2) is 0 Å². The summed E-state index contributed by atoms with van der Waals surface area (Å²) in [4.78, 5) is 12.4. The Morgan fingerprint density at radius 2 is 2.05 bits per heavy atom. The molecule has 0 atom stereocenters. The highest BCUT2D eigenvalue weighted by Gasteiger charge is 2.52. The Labute approximate surface area is 126 Å². The smallest absolute Gasteiger partial charge is 0.331 e. The van der Waals surface area contributed by atoms with Gasteiger partial charge in [-0.15, -0.1) is 0 Å². The van der Waals surface area contributed by atoms with Gasteiger partial charge in [-0.25, -0.2) is 4.79 Å². The molecule has 1 aliphatic rings. The SMILES string of the molecule is CCOC(=O)C1(Nc2ccccc2OC)CC(C(C)C)C1. The van der Waals surface area contributed by atoms with Crippen molar-refractivity contribution in [3.8, 4) is 5.75 Å². The summed E-state index contributed by atoms with van der Waals surface area (Å²) in [6.45, 7) is 6.64. The van der Waals surface area contributed by atoms with Crippen molar-refractivity contribution in [2.24, 2.45) is 11.8 Å². The van der Waals surface area contributed by atoms with Crippen molar-refractivity contribution in [2.75, 3.05) is 19.0 Å². The van der Waals surface area contributed by atoms with E-state index in [1.54, 1.807) is 7.11 Å². The zero-order chi connectivity index (χ0) is 15.5. The van der Waals surface area contributed by atoms with E-state index >= 15 is 0 Å². The average Bonchev–Trinajstić information content (AvgIpc) is 2.42. The third-order valence-corrected chi connectivity index (χ3v) is 4.31. The van der Waals surface area contributed by atoms with Crippen molar-refractivity contribution in [3.05, 3.63) is 24.3 Å². The topological polar surface area (TPSA) is 47.6 Å². The summed E-state index contributed by atoms with van der Waals surface area (Å²) in [7, 11) is 1.63. The van der Waals surface area contributed by atoms with Crippen LogP contribution in [0.25, 0.3) is 0 Å². The fourth-order valence-electron chi connectivity index (χ4n) is 2.90. The summed E-state index contributed by atoms with van der Waals surface area (Å²) in [5.41, 5.74) is 0.231. The Morgan fingerprint density at radius 1 is 1.38 bits per heavy atom. The van der Waals surface area contributed by atoms with Crippen LogP contribution >= 0.6 is 0 Å². The van der Waals surface area contributed by atoms with Crippen LogP contribution in [0.15, 0.2) is 24.3 Å². The van der Waals surface area contributed by atoms with Crippen molar-refractivity contribution in [2.45, 2.75) is 39.2 Å². The Balaban J connectivity index is 2.20. The van der Waals surface area contributed by atoms with Gasteiger partial charge >= 0.3 is 5.97 Å². The minimum absolute atomic E-state index is 0.159. The molecule has 0 aliphatic heterocycles. The standard InChI is InChI=1S/C17H25NO3/c1-5-21-16(19)17(10-13(11-17)12(2)3)18-14-8-6-7-9-15(14)20-4/h6-9,12-13,18H,5,10-11H2,1-4H3. The third kappa shape index (κ3) is 3.14. The molecule has 0 aromatic heterocycles. The maximum absolute atomic E-state index is 12.4. The molecule has 1 N–H and O–H groups in total. The molecule has 1 saturated carbocycles. The van der Waals surface area contributed by atoms with Gasteiger partial charge < -0.3 is 14.8 Å². The van der Waals surface area contributed by atoms with E-state index in [4.69, 9.17) is 9.47 Å². The zero-order valence-electron chi connectivity index (χ0n) is 13.3. The van der Waals surface area contributed by atoms with E-state index in [9.17, 15) is 4.79 Å². The molecule has 0 heterocycles. The molecule has 0 unspecified atom stereocenters. The lowest BCUT2D eigenvalue weighted by Gasteiger charge is -2.48. The van der Waals surface area contributed by atoms with Crippen molar-refractivity contribution < 1.29 is 14.3 Å². The fraction of sp³-hybridized carbons (Fsp3) is 0.588. The van der Waals surface area contributed by atoms with Crippen LogP contribution in [0.4, 0.5) is 5.69 Å². The Bertz CT molecular complexity index is 493. The zero-order valence-corrected chi connectivity index (χ0v) is 13.3. The highest BCUT2D eigenvalue weighted by atomic mass is 16.5. The largest absolute Gasteiger partial charge is 0.495 e. The van der Waals surface area contributed by atoms with Gasteiger partial charge in [-0.1, -0.05) is 26.0 Å². The number of carbonyl (C=O) groups is 1. The van der Waals surface area contributed by atoms with Crippen molar-refractivity contribution in [3.63, 3.8) is 0 Å². The number of para-hydroxylation sites is 2. The molecule has 4 nitrogen and oxygen atoms in total. The number of ether oxygens (including phenoxy) is 2. The number of anilines is 1. The monoisotopic (exact) mass is 291 g/mol. The number of esters is 1. The molecular weight excluding hydrogens is 266 g/mol. The van der Waals surface area contributed by atoms with Crippen LogP contribution in [0.3, 0.4) is 0 Å². The lowest BCUT2D eigenvalue weighted by atomic mass is 9.64. The Morgan fingerprint density at radius 3 is 2.62 bits per heavy atom. The summed E-state index contributed by atoms with van der Waals surface area (Å²) < 4.78 is 10.6. The summed E-state index contributed by atoms with van der Waals surface area (Å²) in [5, 5.41) is 3.38. The summed E-state index contributed by atoms with van der Waals surface area (Å²) in [6.07, 6.45) is 1.61. The Hall–Kier alpha value is -1.71. The van der Waals surface area contributed by atoms with Crippen molar-refractivity contribution in [1.82, 2.24) is 0 Å². The highest BCUT2D eigenvalue weighted by molar-refractivity contribution is 5.86. The first-order valence-electron chi connectivity index (χ1n) is 7.61. The Kier molecular flexibility index (Phi) is 4.76. The second-order valence-corrected chi connectivity index (χ2v) is 6.04. The number of hydrogen-bond acceptors (Lipinski definition) is 4. The summed E-state index contributed by atoms with van der Waals surface area (Å²) in [5.74, 6) is 1.71. The lowest BCUT2D eigenvalue weighted by Crippen LogP contribution is -2.58. The quantitative estimate of drug-likeness (QED) is 0.815. The van der Waals surface area contributed by atoms with E-state index < -0.39 is 5.54 Å². The highest BCUT2D eigenvalue weighted by Crippen LogP contribution is 2.46. The first-order chi connectivity index (χ1) is 10.0. The lowest BCUT2D eigenvalue weighted by molar-refractivity contribution is -0.154. The van der Waals surface area contributed by atoms with Gasteiger partial charge in [-0.05, 0) is 43.7 Å². The minimum atomic E-state index is -0.612. The normalized spacial score (nSPS) is 24.3. The molecule has 1 fully saturated rings. The van der Waals surface area contributed by atoms with Gasteiger partial charge in [0.2, 0.25) is 0 Å². The maximum Gasteiger partial charge on any atom is 0.331 e. The second-order valence-electron chi connectivity index (χ2n) is 6.04. The molecular formula is C17H25NO3. The maximum atomic E-state index is 12.4. The van der Waals surface area contributed by atoms with E-state index in [0.29, 0.717) is 18.4 Å². The van der Waals surface area contributed by atoms with Gasteiger partial charge in [-0.3, -0.25) is 0 Å². The van der Waals surface area contributed by atoms with E-state index in [1.807, 2.05) is 31.2 Å². The predicted octanol–water partition coefficient (Wildman–Crippen LogP) is 3.48. The molecule has 21 heavy (non-hydrogen) atoms. The molecule has 0 saturated heterocycles. The first kappa shape index (κ1) is 15.7. The molecule has 0 spiro atoms. The summed E-state index contributed by atoms with van der Waals surface area (Å²) >= 11 is 0. The number of rotatable bonds is 6. The molecule has 116 valence electrons. The van der Waals surface area contributed by atoms with E-state index in [-0.39, 0.29) is 5.97 Å². The average molecular weight is 291 g/mol. The van der Waals surface area contributed by atoms with Crippen molar-refractivity contribution in [1.29, 1.82) is 0 Å². The van der Waals surface area contributed by atoms with Gasteiger partial charge in [-0.2, -0.15) is 0 Å². The second kappa shape index (κ2) is 6.37. The van der Waals surface area contributed by atoms with Gasteiger partial charge in [0, 0.05) is 0 Å². The molecule has 0 radical (unpaired) electrons. The summed E-state index contributed by atoms with van der Waals surface area (Å²) in [6, 6.07) is 7.67. The molecule has 1 aromatic rings. The van der Waals surface area contributed by atoms with E-state index in [0.717, 1.165) is 24.3 Å². The van der Waals surface area contributed by atoms with Gasteiger partial charge in [0.1, 0.15) is 11.3 Å². The number of carbonyl (C=O) groups excluding carboxylic acids is 1. The van der Waals surface area contributed by atoms with E-state index in [1.165, 1.54) is 0 Å².